The van der Waals surface area contributed by atoms with Gasteiger partial charge in [0.25, 0.3) is 0 Å². The van der Waals surface area contributed by atoms with E-state index in [-0.39, 0.29) is 5.76 Å². The summed E-state index contributed by atoms with van der Waals surface area (Å²) in [4.78, 5) is 11.1. The van der Waals surface area contributed by atoms with Crippen molar-refractivity contribution in [2.45, 2.75) is 109 Å². The lowest BCUT2D eigenvalue weighted by molar-refractivity contribution is -0.142. The highest BCUT2D eigenvalue weighted by Gasteiger charge is 2.33. The number of hydrogen-bond acceptors (Lipinski definition) is 4. The van der Waals surface area contributed by atoms with Crippen LogP contribution in [0.2, 0.25) is 0 Å². The van der Waals surface area contributed by atoms with Crippen molar-refractivity contribution in [3.05, 3.63) is 23.7 Å². The second-order valence-electron chi connectivity index (χ2n) is 7.35. The van der Waals surface area contributed by atoms with E-state index in [1.54, 1.807) is 0 Å². The molecule has 2 N–H and O–H groups in total. The molecule has 0 spiro atoms. The van der Waals surface area contributed by atoms with Crippen LogP contribution < -0.4 is 0 Å². The van der Waals surface area contributed by atoms with E-state index >= 15 is 0 Å². The lowest BCUT2D eigenvalue weighted by atomic mass is 10.0. The highest BCUT2D eigenvalue weighted by atomic mass is 16.6. The third-order valence-corrected chi connectivity index (χ3v) is 4.98. The second-order valence-corrected chi connectivity index (χ2v) is 7.35. The molecule has 0 aromatic carbocycles. The number of cyclic esters (lactones) is 1. The van der Waals surface area contributed by atoms with Crippen molar-refractivity contribution < 1.29 is 19.7 Å². The summed E-state index contributed by atoms with van der Waals surface area (Å²) >= 11 is 0. The molecule has 1 aliphatic rings. The molecule has 4 heteroatoms. The quantitative estimate of drug-likeness (QED) is 0.182. The van der Waals surface area contributed by atoms with Gasteiger partial charge < -0.3 is 14.9 Å². The van der Waals surface area contributed by atoms with E-state index in [0.29, 0.717) is 6.42 Å². The van der Waals surface area contributed by atoms with Crippen LogP contribution in [0.1, 0.15) is 103 Å². The van der Waals surface area contributed by atoms with Crippen molar-refractivity contribution in [1.29, 1.82) is 0 Å². The Morgan fingerprint density at radius 2 is 1.31 bits per heavy atom. The van der Waals surface area contributed by atoms with Crippen molar-refractivity contribution >= 4 is 5.97 Å². The maximum absolute atomic E-state index is 11.1. The van der Waals surface area contributed by atoms with Gasteiger partial charge in [-0.2, -0.15) is 0 Å². The third kappa shape index (κ3) is 9.88. The van der Waals surface area contributed by atoms with Gasteiger partial charge in [-0.25, -0.2) is 4.79 Å². The molecule has 0 aromatic heterocycles. The zero-order valence-corrected chi connectivity index (χ0v) is 16.5. The van der Waals surface area contributed by atoms with Crippen LogP contribution in [0.25, 0.3) is 0 Å². The molecule has 0 saturated carbocycles. The van der Waals surface area contributed by atoms with Crippen LogP contribution in [0.5, 0.6) is 0 Å². The molecule has 150 valence electrons. The number of aliphatic hydroxyl groups is 2. The maximum Gasteiger partial charge on any atom is 0.377 e. The van der Waals surface area contributed by atoms with Gasteiger partial charge >= 0.3 is 5.97 Å². The van der Waals surface area contributed by atoms with Gasteiger partial charge in [0.05, 0.1) is 0 Å². The average molecular weight is 367 g/mol. The fourth-order valence-electron chi connectivity index (χ4n) is 3.28. The predicted octanol–water partition coefficient (Wildman–Crippen LogP) is 6.67. The number of esters is 1. The molecule has 0 amide bonds. The number of allylic oxidation sites excluding steroid dienone is 2. The fourth-order valence-corrected chi connectivity index (χ4v) is 3.28. The molecule has 0 unspecified atom stereocenters. The summed E-state index contributed by atoms with van der Waals surface area (Å²) < 4.78 is 4.86. The Hall–Kier alpha value is -1.45. The summed E-state index contributed by atoms with van der Waals surface area (Å²) in [5.74, 6) is -1.80. The van der Waals surface area contributed by atoms with E-state index in [0.717, 1.165) is 12.8 Å². The molecule has 0 bridgehead atoms. The van der Waals surface area contributed by atoms with Crippen LogP contribution >= 0.6 is 0 Å². The van der Waals surface area contributed by atoms with Crippen LogP contribution in [0, 0.1) is 0 Å². The fraction of sp³-hybridized carbons (Fsp3) is 0.773. The van der Waals surface area contributed by atoms with Gasteiger partial charge in [0.2, 0.25) is 5.76 Å². The summed E-state index contributed by atoms with van der Waals surface area (Å²) in [6.45, 7) is 2.26. The van der Waals surface area contributed by atoms with Crippen LogP contribution in [0.4, 0.5) is 0 Å². The van der Waals surface area contributed by atoms with E-state index in [2.05, 4.69) is 19.1 Å². The number of carbonyl (C=O) groups excluding carboxylic acids is 1. The number of unbranched alkanes of at least 4 members (excludes halogenated alkanes) is 12. The molecule has 1 heterocycles. The number of carbonyl (C=O) groups is 1. The molecule has 0 aliphatic carbocycles. The van der Waals surface area contributed by atoms with Gasteiger partial charge in [-0.3, -0.25) is 0 Å². The second kappa shape index (κ2) is 14.7. The summed E-state index contributed by atoms with van der Waals surface area (Å²) in [7, 11) is 0. The first-order valence-corrected chi connectivity index (χ1v) is 10.6. The molecule has 1 atom stereocenters. The Labute approximate surface area is 159 Å². The standard InChI is InChI=1S/C22H38O4/c1-2-3-4-5-6-7-8-9-10-11-12-13-14-15-16-17-18-19-20(23)21(24)22(25)26-19/h15-16,19,23-24H,2-14,17-18H2,1H3/t19-/m0/s1. The number of ether oxygens (including phenoxy) is 1. The number of hydrogen-bond donors (Lipinski definition) is 2. The summed E-state index contributed by atoms with van der Waals surface area (Å²) in [6, 6.07) is 0. The van der Waals surface area contributed by atoms with E-state index in [9.17, 15) is 15.0 Å². The third-order valence-electron chi connectivity index (χ3n) is 4.98. The Kier molecular flexibility index (Phi) is 12.8. The van der Waals surface area contributed by atoms with Gasteiger partial charge in [-0.1, -0.05) is 89.7 Å². The largest absolute Gasteiger partial charge is 0.505 e. The molecule has 1 rings (SSSR count). The molecule has 4 nitrogen and oxygen atoms in total. The number of aliphatic hydroxyl groups excluding tert-OH is 2. The average Bonchev–Trinajstić information content (AvgIpc) is 2.88. The van der Waals surface area contributed by atoms with Crippen molar-refractivity contribution in [2.75, 3.05) is 0 Å². The molecular weight excluding hydrogens is 328 g/mol. The van der Waals surface area contributed by atoms with Crippen molar-refractivity contribution in [3.8, 4) is 0 Å². The van der Waals surface area contributed by atoms with Gasteiger partial charge in [0.1, 0.15) is 0 Å². The first-order chi connectivity index (χ1) is 12.7. The van der Waals surface area contributed by atoms with Gasteiger partial charge in [0, 0.05) is 0 Å². The Morgan fingerprint density at radius 1 is 0.808 bits per heavy atom. The predicted molar refractivity (Wildman–Crippen MR) is 106 cm³/mol. The Balaban J connectivity index is 1.83. The van der Waals surface area contributed by atoms with Crippen LogP contribution in [0.3, 0.4) is 0 Å². The van der Waals surface area contributed by atoms with Gasteiger partial charge in [-0.05, 0) is 25.7 Å². The lowest BCUT2D eigenvalue weighted by Gasteiger charge is -2.07. The highest BCUT2D eigenvalue weighted by molar-refractivity contribution is 5.88. The SMILES string of the molecule is CCCCCCCCCCCCCCC=CCC[C@@H]1OC(=O)C(O)=C1O. The van der Waals surface area contributed by atoms with Crippen molar-refractivity contribution in [2.24, 2.45) is 0 Å². The van der Waals surface area contributed by atoms with Crippen LogP contribution in [-0.4, -0.2) is 22.3 Å². The van der Waals surface area contributed by atoms with E-state index in [1.807, 2.05) is 0 Å². The van der Waals surface area contributed by atoms with E-state index < -0.39 is 17.8 Å². The van der Waals surface area contributed by atoms with E-state index in [4.69, 9.17) is 4.74 Å². The van der Waals surface area contributed by atoms with Crippen molar-refractivity contribution in [3.63, 3.8) is 0 Å². The smallest absolute Gasteiger partial charge is 0.377 e. The first kappa shape index (κ1) is 22.6. The minimum atomic E-state index is -0.826. The summed E-state index contributed by atoms with van der Waals surface area (Å²) in [5.41, 5.74) is 0. The highest BCUT2D eigenvalue weighted by Crippen LogP contribution is 2.22. The molecule has 0 aromatic rings. The maximum atomic E-state index is 11.1. The minimum absolute atomic E-state index is 0.329. The summed E-state index contributed by atoms with van der Waals surface area (Å²) in [5, 5.41) is 18.7. The van der Waals surface area contributed by atoms with Gasteiger partial charge in [0.15, 0.2) is 11.9 Å². The number of rotatable bonds is 16. The molecule has 26 heavy (non-hydrogen) atoms. The van der Waals surface area contributed by atoms with Crippen molar-refractivity contribution in [1.82, 2.24) is 0 Å². The van der Waals surface area contributed by atoms with Crippen LogP contribution in [-0.2, 0) is 9.53 Å². The monoisotopic (exact) mass is 366 g/mol. The molecular formula is C22H38O4. The van der Waals surface area contributed by atoms with E-state index in [1.165, 1.54) is 77.0 Å². The Bertz CT molecular complexity index is 439. The zero-order chi connectivity index (χ0) is 19.0. The molecule has 1 aliphatic heterocycles. The minimum Gasteiger partial charge on any atom is -0.505 e. The molecule has 0 radical (unpaired) electrons. The first-order valence-electron chi connectivity index (χ1n) is 10.6. The zero-order valence-electron chi connectivity index (χ0n) is 16.5. The van der Waals surface area contributed by atoms with Crippen LogP contribution in [0.15, 0.2) is 23.7 Å². The normalized spacial score (nSPS) is 17.4. The molecule has 0 fully saturated rings. The molecule has 0 saturated heterocycles. The topological polar surface area (TPSA) is 66.8 Å². The lowest BCUT2D eigenvalue weighted by Crippen LogP contribution is -2.10. The Morgan fingerprint density at radius 3 is 1.81 bits per heavy atom. The summed E-state index contributed by atoms with van der Waals surface area (Å²) in [6.07, 6.45) is 22.2. The van der Waals surface area contributed by atoms with Gasteiger partial charge in [-0.15, -0.1) is 0 Å².